The van der Waals surface area contributed by atoms with E-state index in [2.05, 4.69) is 9.97 Å². The van der Waals surface area contributed by atoms with Crippen LogP contribution in [-0.4, -0.2) is 23.4 Å². The summed E-state index contributed by atoms with van der Waals surface area (Å²) in [5.41, 5.74) is 4.26. The molecule has 1 aromatic carbocycles. The van der Waals surface area contributed by atoms with Gasteiger partial charge in [-0.3, -0.25) is 4.79 Å². The third kappa shape index (κ3) is 1.82. The zero-order valence-corrected chi connectivity index (χ0v) is 10.1. The zero-order valence-electron chi connectivity index (χ0n) is 10.1. The third-order valence-electron chi connectivity index (χ3n) is 3.00. The monoisotopic (exact) mass is 230 g/mol. The van der Waals surface area contributed by atoms with E-state index in [9.17, 15) is 4.79 Å². The minimum Gasteiger partial charge on any atom is -0.496 e. The molecule has 2 aromatic rings. The molecule has 0 saturated carbocycles. The van der Waals surface area contributed by atoms with Crippen LogP contribution < -0.4 is 4.74 Å². The lowest BCUT2D eigenvalue weighted by Crippen LogP contribution is -1.95. The van der Waals surface area contributed by atoms with Gasteiger partial charge in [0.2, 0.25) is 0 Å². The molecule has 1 aromatic heterocycles. The number of aromatic nitrogens is 2. The van der Waals surface area contributed by atoms with Crippen LogP contribution in [0.4, 0.5) is 0 Å². The van der Waals surface area contributed by atoms with Crippen molar-refractivity contribution in [2.75, 3.05) is 7.11 Å². The summed E-state index contributed by atoms with van der Waals surface area (Å²) in [7, 11) is 1.65. The van der Waals surface area contributed by atoms with E-state index >= 15 is 0 Å². The smallest absolute Gasteiger partial charge is 0.168 e. The van der Waals surface area contributed by atoms with Gasteiger partial charge in [-0.2, -0.15) is 0 Å². The predicted molar refractivity (Wildman–Crippen MR) is 65.4 cm³/mol. The van der Waals surface area contributed by atoms with Crippen LogP contribution in [0.5, 0.6) is 5.75 Å². The van der Waals surface area contributed by atoms with Crippen molar-refractivity contribution in [3.8, 4) is 17.0 Å². The molecule has 0 aliphatic carbocycles. The van der Waals surface area contributed by atoms with E-state index in [4.69, 9.17) is 4.74 Å². The number of nitrogens with one attached hydrogen (secondary N) is 1. The molecule has 88 valence electrons. The normalized spacial score (nSPS) is 10.3. The summed E-state index contributed by atoms with van der Waals surface area (Å²) in [4.78, 5) is 17.9. The Labute approximate surface area is 99.7 Å². The summed E-state index contributed by atoms with van der Waals surface area (Å²) in [6.07, 6.45) is 2.30. The van der Waals surface area contributed by atoms with Crippen LogP contribution >= 0.6 is 0 Å². The Bertz CT molecular complexity index is 559. The molecule has 0 atom stereocenters. The zero-order chi connectivity index (χ0) is 12.4. The number of hydrogen-bond donors (Lipinski definition) is 1. The van der Waals surface area contributed by atoms with Gasteiger partial charge in [-0.1, -0.05) is 0 Å². The first-order valence-electron chi connectivity index (χ1n) is 5.32. The third-order valence-corrected chi connectivity index (χ3v) is 3.00. The Morgan fingerprint density at radius 3 is 2.71 bits per heavy atom. The largest absolute Gasteiger partial charge is 0.496 e. The van der Waals surface area contributed by atoms with Crippen LogP contribution in [0.25, 0.3) is 11.3 Å². The lowest BCUT2D eigenvalue weighted by atomic mass is 9.99. The van der Waals surface area contributed by atoms with Crippen molar-refractivity contribution in [2.24, 2.45) is 0 Å². The standard InChI is InChI=1S/C13H14N2O2/c1-8-9(2)12(17-3)5-4-10(8)13-11(6-16)14-7-15-13/h4-7H,1-3H3,(H,14,15). The highest BCUT2D eigenvalue weighted by Gasteiger charge is 2.13. The van der Waals surface area contributed by atoms with E-state index in [1.165, 1.54) is 6.33 Å². The van der Waals surface area contributed by atoms with Crippen LogP contribution in [0.3, 0.4) is 0 Å². The van der Waals surface area contributed by atoms with Crippen molar-refractivity contribution in [3.63, 3.8) is 0 Å². The second kappa shape index (κ2) is 4.41. The lowest BCUT2D eigenvalue weighted by molar-refractivity contribution is 0.112. The number of H-pyrrole nitrogens is 1. The Morgan fingerprint density at radius 2 is 2.06 bits per heavy atom. The second-order valence-electron chi connectivity index (χ2n) is 3.85. The van der Waals surface area contributed by atoms with Gasteiger partial charge in [0.15, 0.2) is 6.29 Å². The fourth-order valence-electron chi connectivity index (χ4n) is 1.88. The van der Waals surface area contributed by atoms with Crippen molar-refractivity contribution in [2.45, 2.75) is 13.8 Å². The highest BCUT2D eigenvalue weighted by atomic mass is 16.5. The van der Waals surface area contributed by atoms with E-state index in [1.807, 2.05) is 26.0 Å². The summed E-state index contributed by atoms with van der Waals surface area (Å²) in [6.45, 7) is 3.99. The van der Waals surface area contributed by atoms with E-state index in [-0.39, 0.29) is 0 Å². The molecule has 1 N–H and O–H groups in total. The summed E-state index contributed by atoms with van der Waals surface area (Å²) < 4.78 is 5.26. The number of imidazole rings is 1. The molecular weight excluding hydrogens is 216 g/mol. The number of methoxy groups -OCH3 is 1. The molecule has 0 aliphatic heterocycles. The summed E-state index contributed by atoms with van der Waals surface area (Å²) >= 11 is 0. The van der Waals surface area contributed by atoms with Crippen molar-refractivity contribution in [3.05, 3.63) is 35.3 Å². The molecule has 17 heavy (non-hydrogen) atoms. The molecule has 0 aliphatic rings. The average Bonchev–Trinajstić information content (AvgIpc) is 2.80. The molecule has 0 radical (unpaired) electrons. The molecule has 0 unspecified atom stereocenters. The van der Waals surface area contributed by atoms with Crippen molar-refractivity contribution < 1.29 is 9.53 Å². The number of hydrogen-bond acceptors (Lipinski definition) is 3. The lowest BCUT2D eigenvalue weighted by Gasteiger charge is -2.11. The number of ether oxygens (including phenoxy) is 1. The van der Waals surface area contributed by atoms with Crippen molar-refractivity contribution in [1.82, 2.24) is 9.97 Å². The molecule has 0 spiro atoms. The van der Waals surface area contributed by atoms with Crippen LogP contribution in [0.1, 0.15) is 21.6 Å². The van der Waals surface area contributed by atoms with Gasteiger partial charge in [-0.05, 0) is 37.1 Å². The number of aldehydes is 1. The van der Waals surface area contributed by atoms with Gasteiger partial charge in [0.05, 0.1) is 19.1 Å². The number of carbonyl (C=O) groups excluding carboxylic acids is 1. The topological polar surface area (TPSA) is 55.0 Å². The van der Waals surface area contributed by atoms with E-state index in [0.29, 0.717) is 11.4 Å². The van der Waals surface area contributed by atoms with Gasteiger partial charge < -0.3 is 9.72 Å². The first kappa shape index (κ1) is 11.4. The fourth-order valence-corrected chi connectivity index (χ4v) is 1.88. The number of carbonyl (C=O) groups is 1. The molecule has 1 heterocycles. The van der Waals surface area contributed by atoms with Gasteiger partial charge in [-0.25, -0.2) is 4.98 Å². The molecule has 0 fully saturated rings. The minimum absolute atomic E-state index is 0.498. The summed E-state index contributed by atoms with van der Waals surface area (Å²) in [6, 6.07) is 3.81. The van der Waals surface area contributed by atoms with Gasteiger partial charge in [-0.15, -0.1) is 0 Å². The predicted octanol–water partition coefficient (Wildman–Crippen LogP) is 2.51. The number of nitrogens with zero attached hydrogens (tertiary/aromatic N) is 1. The number of aromatic amines is 1. The highest BCUT2D eigenvalue weighted by Crippen LogP contribution is 2.30. The maximum atomic E-state index is 10.9. The molecule has 0 bridgehead atoms. The molecule has 0 saturated heterocycles. The maximum absolute atomic E-state index is 10.9. The summed E-state index contributed by atoms with van der Waals surface area (Å²) in [5.74, 6) is 0.842. The maximum Gasteiger partial charge on any atom is 0.168 e. The average molecular weight is 230 g/mol. The van der Waals surface area contributed by atoms with Crippen LogP contribution in [-0.2, 0) is 0 Å². The summed E-state index contributed by atoms with van der Waals surface area (Å²) in [5, 5.41) is 0. The van der Waals surface area contributed by atoms with E-state index < -0.39 is 0 Å². The second-order valence-corrected chi connectivity index (χ2v) is 3.85. The molecule has 4 nitrogen and oxygen atoms in total. The Kier molecular flexibility index (Phi) is 2.95. The minimum atomic E-state index is 0.498. The van der Waals surface area contributed by atoms with Gasteiger partial charge >= 0.3 is 0 Å². The SMILES string of the molecule is COc1ccc(-c2nc[nH]c2C=O)c(C)c1C. The van der Waals surface area contributed by atoms with E-state index in [0.717, 1.165) is 28.7 Å². The Morgan fingerprint density at radius 1 is 1.29 bits per heavy atom. The first-order valence-corrected chi connectivity index (χ1v) is 5.32. The quantitative estimate of drug-likeness (QED) is 0.824. The van der Waals surface area contributed by atoms with Gasteiger partial charge in [0.1, 0.15) is 11.4 Å². The van der Waals surface area contributed by atoms with Crippen LogP contribution in [0.15, 0.2) is 18.5 Å². The van der Waals surface area contributed by atoms with Crippen molar-refractivity contribution in [1.29, 1.82) is 0 Å². The Hall–Kier alpha value is -2.10. The van der Waals surface area contributed by atoms with Crippen LogP contribution in [0.2, 0.25) is 0 Å². The molecule has 4 heteroatoms. The van der Waals surface area contributed by atoms with E-state index in [1.54, 1.807) is 7.11 Å². The highest BCUT2D eigenvalue weighted by molar-refractivity contribution is 5.84. The number of benzene rings is 1. The fraction of sp³-hybridized carbons (Fsp3) is 0.231. The molecular formula is C13H14N2O2. The van der Waals surface area contributed by atoms with Crippen LogP contribution in [0, 0.1) is 13.8 Å². The first-order chi connectivity index (χ1) is 8.19. The van der Waals surface area contributed by atoms with Gasteiger partial charge in [0.25, 0.3) is 0 Å². The van der Waals surface area contributed by atoms with Crippen molar-refractivity contribution >= 4 is 6.29 Å². The molecule has 2 rings (SSSR count). The molecule has 0 amide bonds. The Balaban J connectivity index is 2.61. The number of rotatable bonds is 3. The van der Waals surface area contributed by atoms with Gasteiger partial charge in [0, 0.05) is 5.56 Å².